The highest BCUT2D eigenvalue weighted by Gasteiger charge is 2.23. The smallest absolute Gasteiger partial charge is 0.176 e. The highest BCUT2D eigenvalue weighted by atomic mass is 35.5. The molecule has 1 saturated carbocycles. The lowest BCUT2D eigenvalue weighted by Gasteiger charge is -2.30. The molecule has 0 saturated heterocycles. The van der Waals surface area contributed by atoms with Crippen LogP contribution in [0.1, 0.15) is 45.1 Å². The van der Waals surface area contributed by atoms with Gasteiger partial charge in [0.2, 0.25) is 0 Å². The molecule has 4 heteroatoms. The third-order valence-electron chi connectivity index (χ3n) is 4.13. The zero-order valence-corrected chi connectivity index (χ0v) is 14.0. The number of nitrogens with zero attached hydrogens (tertiary/aromatic N) is 1. The number of hydrogen-bond donors (Lipinski definition) is 1. The number of benzene rings is 1. The van der Waals surface area contributed by atoms with Gasteiger partial charge in [-0.3, -0.25) is 4.90 Å². The minimum atomic E-state index is 0.0270. The van der Waals surface area contributed by atoms with Crippen LogP contribution in [0.15, 0.2) is 12.1 Å². The number of ether oxygens (including phenoxy) is 1. The standard InChI is InChI=1S/C17H26ClNO2/c1-12(2)10-19(14-6-4-5-7-14)11-13-8-15(18)17(20)16(9-13)21-3/h8-9,12,14,20H,4-7,10-11H2,1-3H3. The molecule has 0 atom stereocenters. The van der Waals surface area contributed by atoms with E-state index in [-0.39, 0.29) is 5.75 Å². The van der Waals surface area contributed by atoms with Gasteiger partial charge in [-0.2, -0.15) is 0 Å². The maximum absolute atomic E-state index is 9.84. The number of methoxy groups -OCH3 is 1. The van der Waals surface area contributed by atoms with Gasteiger partial charge >= 0.3 is 0 Å². The van der Waals surface area contributed by atoms with Gasteiger partial charge in [0.1, 0.15) is 0 Å². The average molecular weight is 312 g/mol. The van der Waals surface area contributed by atoms with Crippen LogP contribution in [0.3, 0.4) is 0 Å². The summed E-state index contributed by atoms with van der Waals surface area (Å²) in [5.74, 6) is 1.12. The number of hydrogen-bond acceptors (Lipinski definition) is 3. The second-order valence-corrected chi connectivity index (χ2v) is 6.80. The molecule has 1 aliphatic rings. The van der Waals surface area contributed by atoms with Gasteiger partial charge in [0.15, 0.2) is 11.5 Å². The fourth-order valence-corrected chi connectivity index (χ4v) is 3.42. The maximum atomic E-state index is 9.84. The van der Waals surface area contributed by atoms with E-state index < -0.39 is 0 Å². The van der Waals surface area contributed by atoms with Gasteiger partial charge in [-0.05, 0) is 36.5 Å². The molecule has 2 rings (SSSR count). The van der Waals surface area contributed by atoms with Crippen molar-refractivity contribution in [2.45, 2.75) is 52.1 Å². The molecule has 1 aliphatic carbocycles. The van der Waals surface area contributed by atoms with E-state index in [9.17, 15) is 5.11 Å². The molecule has 21 heavy (non-hydrogen) atoms. The van der Waals surface area contributed by atoms with Crippen LogP contribution in [0.5, 0.6) is 11.5 Å². The first-order chi connectivity index (χ1) is 10.0. The Hall–Kier alpha value is -0.930. The molecule has 1 fully saturated rings. The quantitative estimate of drug-likeness (QED) is 0.842. The second kappa shape index (κ2) is 7.37. The molecule has 1 N–H and O–H groups in total. The van der Waals surface area contributed by atoms with Crippen molar-refractivity contribution < 1.29 is 9.84 Å². The van der Waals surface area contributed by atoms with E-state index in [1.807, 2.05) is 12.1 Å². The molecule has 0 aliphatic heterocycles. The van der Waals surface area contributed by atoms with Gasteiger partial charge in [-0.1, -0.05) is 38.3 Å². The second-order valence-electron chi connectivity index (χ2n) is 6.39. The number of aromatic hydroxyl groups is 1. The summed E-state index contributed by atoms with van der Waals surface area (Å²) in [6, 6.07) is 4.41. The summed E-state index contributed by atoms with van der Waals surface area (Å²) in [7, 11) is 1.55. The molecule has 0 amide bonds. The summed E-state index contributed by atoms with van der Waals surface area (Å²) in [6.07, 6.45) is 5.24. The molecule has 0 aromatic heterocycles. The molecule has 0 radical (unpaired) electrons. The molecule has 0 heterocycles. The van der Waals surface area contributed by atoms with E-state index in [4.69, 9.17) is 16.3 Å². The van der Waals surface area contributed by atoms with Crippen molar-refractivity contribution in [2.75, 3.05) is 13.7 Å². The van der Waals surface area contributed by atoms with Crippen molar-refractivity contribution in [1.29, 1.82) is 0 Å². The fraction of sp³-hybridized carbons (Fsp3) is 0.647. The molecule has 0 bridgehead atoms. The highest BCUT2D eigenvalue weighted by molar-refractivity contribution is 6.32. The first kappa shape index (κ1) is 16.4. The monoisotopic (exact) mass is 311 g/mol. The van der Waals surface area contributed by atoms with Gasteiger partial charge in [0.05, 0.1) is 12.1 Å². The SMILES string of the molecule is COc1cc(CN(CC(C)C)C2CCCC2)cc(Cl)c1O. The summed E-state index contributed by atoms with van der Waals surface area (Å²) in [4.78, 5) is 2.56. The minimum Gasteiger partial charge on any atom is -0.503 e. The van der Waals surface area contributed by atoms with Crippen molar-refractivity contribution in [3.63, 3.8) is 0 Å². The predicted molar refractivity (Wildman–Crippen MR) is 87.2 cm³/mol. The van der Waals surface area contributed by atoms with Gasteiger partial charge in [0, 0.05) is 19.1 Å². The third-order valence-corrected chi connectivity index (χ3v) is 4.42. The zero-order chi connectivity index (χ0) is 15.4. The zero-order valence-electron chi connectivity index (χ0n) is 13.2. The van der Waals surface area contributed by atoms with E-state index in [2.05, 4.69) is 18.7 Å². The van der Waals surface area contributed by atoms with Crippen LogP contribution in [-0.4, -0.2) is 29.7 Å². The maximum Gasteiger partial charge on any atom is 0.176 e. The topological polar surface area (TPSA) is 32.7 Å². The Morgan fingerprint density at radius 3 is 2.57 bits per heavy atom. The van der Waals surface area contributed by atoms with E-state index in [0.717, 1.165) is 18.7 Å². The molecular weight excluding hydrogens is 286 g/mol. The van der Waals surface area contributed by atoms with Gasteiger partial charge in [-0.25, -0.2) is 0 Å². The van der Waals surface area contributed by atoms with Gasteiger partial charge in [0.25, 0.3) is 0 Å². The van der Waals surface area contributed by atoms with E-state index in [1.165, 1.54) is 25.7 Å². The van der Waals surface area contributed by atoms with E-state index >= 15 is 0 Å². The van der Waals surface area contributed by atoms with Crippen molar-refractivity contribution in [3.8, 4) is 11.5 Å². The van der Waals surface area contributed by atoms with Crippen LogP contribution < -0.4 is 4.74 Å². The molecule has 118 valence electrons. The molecule has 1 aromatic carbocycles. The van der Waals surface area contributed by atoms with Gasteiger partial charge < -0.3 is 9.84 Å². The van der Waals surface area contributed by atoms with Crippen molar-refractivity contribution >= 4 is 11.6 Å². The lowest BCUT2D eigenvalue weighted by atomic mass is 10.1. The largest absolute Gasteiger partial charge is 0.503 e. The normalized spacial score (nSPS) is 16.1. The summed E-state index contributed by atoms with van der Waals surface area (Å²) in [5, 5.41) is 10.2. The Balaban J connectivity index is 2.17. The lowest BCUT2D eigenvalue weighted by Crippen LogP contribution is -2.35. The molecule has 0 unspecified atom stereocenters. The number of rotatable bonds is 6. The van der Waals surface area contributed by atoms with E-state index in [0.29, 0.717) is 22.7 Å². The van der Waals surface area contributed by atoms with Crippen LogP contribution in [0.25, 0.3) is 0 Å². The number of phenols is 1. The Morgan fingerprint density at radius 1 is 1.33 bits per heavy atom. The van der Waals surface area contributed by atoms with E-state index in [1.54, 1.807) is 7.11 Å². The Labute approximate surface area is 132 Å². The molecule has 3 nitrogen and oxygen atoms in total. The van der Waals surface area contributed by atoms with Gasteiger partial charge in [-0.15, -0.1) is 0 Å². The van der Waals surface area contributed by atoms with Crippen LogP contribution >= 0.6 is 11.6 Å². The lowest BCUT2D eigenvalue weighted by molar-refractivity contribution is 0.168. The van der Waals surface area contributed by atoms with Crippen LogP contribution in [-0.2, 0) is 6.54 Å². The van der Waals surface area contributed by atoms with Crippen molar-refractivity contribution in [2.24, 2.45) is 5.92 Å². The highest BCUT2D eigenvalue weighted by Crippen LogP contribution is 2.36. The predicted octanol–water partition coefficient (Wildman–Crippen LogP) is 4.45. The van der Waals surface area contributed by atoms with Crippen molar-refractivity contribution in [1.82, 2.24) is 4.90 Å². The van der Waals surface area contributed by atoms with Crippen LogP contribution in [0, 0.1) is 5.92 Å². The Kier molecular flexibility index (Phi) is 5.77. The summed E-state index contributed by atoms with van der Waals surface area (Å²) >= 11 is 6.10. The summed E-state index contributed by atoms with van der Waals surface area (Å²) < 4.78 is 5.20. The Bertz CT molecular complexity index is 470. The first-order valence-electron chi connectivity index (χ1n) is 7.80. The summed E-state index contributed by atoms with van der Waals surface area (Å²) in [5.41, 5.74) is 1.10. The van der Waals surface area contributed by atoms with Crippen LogP contribution in [0.2, 0.25) is 5.02 Å². The molecule has 1 aromatic rings. The van der Waals surface area contributed by atoms with Crippen LogP contribution in [0.4, 0.5) is 0 Å². The Morgan fingerprint density at radius 2 is 2.00 bits per heavy atom. The number of halogens is 1. The fourth-order valence-electron chi connectivity index (χ4n) is 3.19. The number of phenolic OH excluding ortho intramolecular Hbond substituents is 1. The molecular formula is C17H26ClNO2. The third kappa shape index (κ3) is 4.27. The summed E-state index contributed by atoms with van der Waals surface area (Å²) in [6.45, 7) is 6.46. The molecule has 0 spiro atoms. The first-order valence-corrected chi connectivity index (χ1v) is 8.18. The average Bonchev–Trinajstić information content (AvgIpc) is 2.95. The van der Waals surface area contributed by atoms with Crippen molar-refractivity contribution in [3.05, 3.63) is 22.7 Å². The minimum absolute atomic E-state index is 0.0270.